The lowest BCUT2D eigenvalue weighted by molar-refractivity contribution is -0.130. The number of morpholine rings is 1. The zero-order valence-electron chi connectivity index (χ0n) is 15.4. The summed E-state index contributed by atoms with van der Waals surface area (Å²) in [6.45, 7) is 2.08. The molecule has 142 valence electrons. The summed E-state index contributed by atoms with van der Waals surface area (Å²) in [5.41, 5.74) is 2.17. The summed E-state index contributed by atoms with van der Waals surface area (Å²) in [5.74, 6) is 1.27. The Morgan fingerprint density at radius 3 is 2.63 bits per heavy atom. The first-order valence-corrected chi connectivity index (χ1v) is 8.92. The first-order valence-electron chi connectivity index (χ1n) is 8.92. The van der Waals surface area contributed by atoms with Gasteiger partial charge in [0, 0.05) is 18.8 Å². The van der Waals surface area contributed by atoms with Crippen LogP contribution < -0.4 is 19.3 Å². The van der Waals surface area contributed by atoms with Gasteiger partial charge in [-0.3, -0.25) is 4.79 Å². The largest absolute Gasteiger partial charge is 0.481 e. The van der Waals surface area contributed by atoms with Gasteiger partial charge in [0.2, 0.25) is 17.7 Å². The average Bonchev–Trinajstić information content (AvgIpc) is 3.17. The van der Waals surface area contributed by atoms with Gasteiger partial charge in [-0.1, -0.05) is 18.2 Å². The second-order valence-electron chi connectivity index (χ2n) is 6.43. The van der Waals surface area contributed by atoms with Gasteiger partial charge in [0.25, 0.3) is 5.91 Å². The maximum absolute atomic E-state index is 13.1. The highest BCUT2D eigenvalue weighted by molar-refractivity contribution is 5.98. The van der Waals surface area contributed by atoms with Crippen molar-refractivity contribution in [1.82, 2.24) is 9.97 Å². The van der Waals surface area contributed by atoms with Crippen molar-refractivity contribution in [2.75, 3.05) is 50.3 Å². The van der Waals surface area contributed by atoms with Crippen molar-refractivity contribution in [3.63, 3.8) is 0 Å². The third kappa shape index (κ3) is 3.40. The van der Waals surface area contributed by atoms with E-state index in [0.717, 1.165) is 12.1 Å². The van der Waals surface area contributed by atoms with Crippen LogP contribution in [0.2, 0.25) is 0 Å². The molecule has 4 rings (SSSR count). The first-order chi connectivity index (χ1) is 13.2. The molecule has 0 saturated carbocycles. The van der Waals surface area contributed by atoms with E-state index >= 15 is 0 Å². The first kappa shape index (κ1) is 17.5. The zero-order valence-corrected chi connectivity index (χ0v) is 15.4. The van der Waals surface area contributed by atoms with E-state index in [-0.39, 0.29) is 5.91 Å². The van der Waals surface area contributed by atoms with Crippen molar-refractivity contribution in [3.05, 3.63) is 35.9 Å². The van der Waals surface area contributed by atoms with E-state index < -0.39 is 6.10 Å². The molecule has 0 aliphatic carbocycles. The van der Waals surface area contributed by atoms with Crippen LogP contribution in [0.4, 0.5) is 11.6 Å². The fraction of sp³-hybridized carbons (Fsp3) is 0.421. The summed E-state index contributed by atoms with van der Waals surface area (Å²) in [6, 6.07) is 9.62. The highest BCUT2D eigenvalue weighted by Crippen LogP contribution is 2.29. The molecule has 2 aliphatic heterocycles. The SMILES string of the molecule is COc1cc(OC)nc(N2CCOC(C(=O)N3CCc4ccccc43)C2)n1. The van der Waals surface area contributed by atoms with Gasteiger partial charge in [-0.2, -0.15) is 9.97 Å². The fourth-order valence-electron chi connectivity index (χ4n) is 3.46. The molecule has 0 radical (unpaired) electrons. The Kier molecular flexibility index (Phi) is 4.81. The van der Waals surface area contributed by atoms with Crippen LogP contribution in [-0.2, 0) is 16.0 Å². The maximum atomic E-state index is 13.1. The summed E-state index contributed by atoms with van der Waals surface area (Å²) in [5, 5.41) is 0. The number of rotatable bonds is 4. The second kappa shape index (κ2) is 7.40. The smallest absolute Gasteiger partial charge is 0.257 e. The topological polar surface area (TPSA) is 77.0 Å². The molecule has 1 amide bonds. The van der Waals surface area contributed by atoms with Gasteiger partial charge in [0.05, 0.1) is 33.4 Å². The van der Waals surface area contributed by atoms with Crippen molar-refractivity contribution in [3.8, 4) is 11.8 Å². The molecule has 3 heterocycles. The monoisotopic (exact) mass is 370 g/mol. The minimum Gasteiger partial charge on any atom is -0.481 e. The number of carbonyl (C=O) groups excluding carboxylic acids is 1. The van der Waals surface area contributed by atoms with E-state index in [0.29, 0.717) is 43.9 Å². The molecular formula is C19H22N4O4. The van der Waals surface area contributed by atoms with E-state index in [1.165, 1.54) is 5.56 Å². The van der Waals surface area contributed by atoms with Gasteiger partial charge < -0.3 is 24.0 Å². The van der Waals surface area contributed by atoms with Gasteiger partial charge in [-0.25, -0.2) is 0 Å². The quantitative estimate of drug-likeness (QED) is 0.802. The Hall–Kier alpha value is -2.87. The minimum atomic E-state index is -0.564. The molecule has 1 aromatic carbocycles. The Morgan fingerprint density at radius 2 is 1.89 bits per heavy atom. The molecule has 2 aliphatic rings. The third-order valence-corrected chi connectivity index (χ3v) is 4.86. The van der Waals surface area contributed by atoms with Gasteiger partial charge >= 0.3 is 0 Å². The van der Waals surface area contributed by atoms with E-state index in [9.17, 15) is 4.79 Å². The number of fused-ring (bicyclic) bond motifs is 1. The summed E-state index contributed by atoms with van der Waals surface area (Å²) in [6.07, 6.45) is 0.305. The van der Waals surface area contributed by atoms with Gasteiger partial charge in [-0.05, 0) is 18.1 Å². The summed E-state index contributed by atoms with van der Waals surface area (Å²) >= 11 is 0. The van der Waals surface area contributed by atoms with Crippen LogP contribution in [0.25, 0.3) is 0 Å². The lowest BCUT2D eigenvalue weighted by Crippen LogP contribution is -2.51. The van der Waals surface area contributed by atoms with Crippen molar-refractivity contribution in [2.24, 2.45) is 0 Å². The van der Waals surface area contributed by atoms with Crippen molar-refractivity contribution in [2.45, 2.75) is 12.5 Å². The zero-order chi connectivity index (χ0) is 18.8. The van der Waals surface area contributed by atoms with Crippen LogP contribution in [-0.4, -0.2) is 62.4 Å². The number of hydrogen-bond acceptors (Lipinski definition) is 7. The molecule has 0 spiro atoms. The molecule has 0 N–H and O–H groups in total. The number of anilines is 2. The van der Waals surface area contributed by atoms with Crippen LogP contribution >= 0.6 is 0 Å². The van der Waals surface area contributed by atoms with E-state index in [1.54, 1.807) is 20.3 Å². The minimum absolute atomic E-state index is 0.0282. The lowest BCUT2D eigenvalue weighted by atomic mass is 10.2. The average molecular weight is 370 g/mol. The Morgan fingerprint density at radius 1 is 1.15 bits per heavy atom. The summed E-state index contributed by atoms with van der Waals surface area (Å²) < 4.78 is 16.2. The van der Waals surface area contributed by atoms with Crippen LogP contribution in [0.3, 0.4) is 0 Å². The molecule has 1 atom stereocenters. The van der Waals surface area contributed by atoms with Gasteiger partial charge in [-0.15, -0.1) is 0 Å². The fourth-order valence-corrected chi connectivity index (χ4v) is 3.46. The van der Waals surface area contributed by atoms with Crippen LogP contribution in [0.5, 0.6) is 11.8 Å². The molecule has 27 heavy (non-hydrogen) atoms. The number of amides is 1. The highest BCUT2D eigenvalue weighted by Gasteiger charge is 2.34. The van der Waals surface area contributed by atoms with Crippen LogP contribution in [0.15, 0.2) is 30.3 Å². The Bertz CT molecular complexity index is 822. The predicted octanol–water partition coefficient (Wildman–Crippen LogP) is 1.29. The molecule has 1 saturated heterocycles. The number of nitrogens with zero attached hydrogens (tertiary/aromatic N) is 4. The molecule has 8 nitrogen and oxygen atoms in total. The molecule has 1 fully saturated rings. The number of ether oxygens (including phenoxy) is 3. The molecule has 1 aromatic heterocycles. The summed E-state index contributed by atoms with van der Waals surface area (Å²) in [4.78, 5) is 25.6. The predicted molar refractivity (Wildman–Crippen MR) is 99.6 cm³/mol. The third-order valence-electron chi connectivity index (χ3n) is 4.86. The number of hydrogen-bond donors (Lipinski definition) is 0. The van der Waals surface area contributed by atoms with Crippen molar-refractivity contribution >= 4 is 17.5 Å². The molecular weight excluding hydrogens is 348 g/mol. The number of para-hydroxylation sites is 1. The molecule has 1 unspecified atom stereocenters. The second-order valence-corrected chi connectivity index (χ2v) is 6.43. The molecule has 8 heteroatoms. The number of carbonyl (C=O) groups is 1. The summed E-state index contributed by atoms with van der Waals surface area (Å²) in [7, 11) is 3.09. The number of methoxy groups -OCH3 is 2. The van der Waals surface area contributed by atoms with Gasteiger partial charge in [0.15, 0.2) is 6.10 Å². The lowest BCUT2D eigenvalue weighted by Gasteiger charge is -2.34. The normalized spacial score (nSPS) is 19.0. The van der Waals surface area contributed by atoms with Crippen LogP contribution in [0.1, 0.15) is 5.56 Å². The Balaban J connectivity index is 1.53. The molecule has 2 aromatic rings. The Labute approximate surface area is 157 Å². The van der Waals surface area contributed by atoms with Crippen molar-refractivity contribution in [1.29, 1.82) is 0 Å². The van der Waals surface area contributed by atoms with E-state index in [1.807, 2.05) is 28.0 Å². The van der Waals surface area contributed by atoms with Gasteiger partial charge in [0.1, 0.15) is 0 Å². The maximum Gasteiger partial charge on any atom is 0.257 e. The highest BCUT2D eigenvalue weighted by atomic mass is 16.5. The van der Waals surface area contributed by atoms with Crippen LogP contribution in [0, 0.1) is 0 Å². The van der Waals surface area contributed by atoms with E-state index in [4.69, 9.17) is 14.2 Å². The number of aromatic nitrogens is 2. The van der Waals surface area contributed by atoms with E-state index in [2.05, 4.69) is 16.0 Å². The standard InChI is InChI=1S/C19H22N4O4/c1-25-16-11-17(26-2)21-19(20-16)22-9-10-27-15(12-22)18(24)23-8-7-13-5-3-4-6-14(13)23/h3-6,11,15H,7-10,12H2,1-2H3. The van der Waals surface area contributed by atoms with Crippen molar-refractivity contribution < 1.29 is 19.0 Å². The number of benzene rings is 1. The molecule has 0 bridgehead atoms.